The van der Waals surface area contributed by atoms with Gasteiger partial charge in [0.15, 0.2) is 9.84 Å². The van der Waals surface area contributed by atoms with Gasteiger partial charge in [-0.1, -0.05) is 0 Å². The van der Waals surface area contributed by atoms with E-state index in [0.29, 0.717) is 11.8 Å². The smallest absolute Gasteiger partial charge is 0.225 e. The molecule has 0 atom stereocenters. The SMILES string of the molecule is COc1ccnc(NCC(C)(C)S(C)(=O)=O)n1. The van der Waals surface area contributed by atoms with Gasteiger partial charge in [0, 0.05) is 25.1 Å². The molecule has 0 aliphatic heterocycles. The molecule has 0 spiro atoms. The Balaban J connectivity index is 2.74. The molecule has 7 heteroatoms. The molecule has 0 fully saturated rings. The van der Waals surface area contributed by atoms with Crippen LogP contribution in [-0.4, -0.2) is 43.0 Å². The standard InChI is InChI=1S/C10H17N3O3S/c1-10(2,17(4,14)15)7-12-9-11-6-5-8(13-9)16-3/h5-6H,7H2,1-4H3,(H,11,12,13). The zero-order valence-electron chi connectivity index (χ0n) is 10.4. The molecule has 0 radical (unpaired) electrons. The summed E-state index contributed by atoms with van der Waals surface area (Å²) in [5, 5.41) is 2.88. The molecule has 1 aromatic rings. The summed E-state index contributed by atoms with van der Waals surface area (Å²) in [6.07, 6.45) is 2.75. The summed E-state index contributed by atoms with van der Waals surface area (Å²) in [4.78, 5) is 8.01. The molecular weight excluding hydrogens is 242 g/mol. The number of nitrogens with zero attached hydrogens (tertiary/aromatic N) is 2. The summed E-state index contributed by atoms with van der Waals surface area (Å²) in [5.74, 6) is 0.778. The van der Waals surface area contributed by atoms with Gasteiger partial charge in [-0.15, -0.1) is 0 Å². The van der Waals surface area contributed by atoms with Crippen molar-refractivity contribution in [1.82, 2.24) is 9.97 Å². The van der Waals surface area contributed by atoms with Gasteiger partial charge in [0.1, 0.15) is 0 Å². The second-order valence-electron chi connectivity index (χ2n) is 4.31. The number of nitrogens with one attached hydrogen (secondary N) is 1. The fourth-order valence-electron chi connectivity index (χ4n) is 0.964. The maximum atomic E-state index is 11.5. The van der Waals surface area contributed by atoms with Gasteiger partial charge in [-0.25, -0.2) is 13.4 Å². The van der Waals surface area contributed by atoms with E-state index in [1.54, 1.807) is 26.1 Å². The van der Waals surface area contributed by atoms with Gasteiger partial charge in [-0.3, -0.25) is 0 Å². The first kappa shape index (κ1) is 13.7. The van der Waals surface area contributed by atoms with E-state index in [1.165, 1.54) is 13.4 Å². The fourth-order valence-corrected chi connectivity index (χ4v) is 1.30. The summed E-state index contributed by atoms with van der Waals surface area (Å²) in [6, 6.07) is 1.62. The zero-order chi connectivity index (χ0) is 13.1. The molecule has 0 amide bonds. The van der Waals surface area contributed by atoms with E-state index in [9.17, 15) is 8.42 Å². The largest absolute Gasteiger partial charge is 0.481 e. The first-order chi connectivity index (χ1) is 7.76. The second kappa shape index (κ2) is 4.87. The van der Waals surface area contributed by atoms with Crippen LogP contribution in [0.25, 0.3) is 0 Å². The molecule has 0 saturated heterocycles. The Morgan fingerprint density at radius 1 is 1.47 bits per heavy atom. The number of hydrogen-bond acceptors (Lipinski definition) is 6. The highest BCUT2D eigenvalue weighted by molar-refractivity contribution is 7.92. The number of hydrogen-bond donors (Lipinski definition) is 1. The van der Waals surface area contributed by atoms with Crippen molar-refractivity contribution in [3.8, 4) is 5.88 Å². The highest BCUT2D eigenvalue weighted by Crippen LogP contribution is 2.16. The third-order valence-electron chi connectivity index (χ3n) is 2.52. The van der Waals surface area contributed by atoms with Gasteiger partial charge in [0.25, 0.3) is 0 Å². The Labute approximate surface area is 101 Å². The molecular formula is C10H17N3O3S. The number of methoxy groups -OCH3 is 1. The number of rotatable bonds is 5. The maximum absolute atomic E-state index is 11.5. The van der Waals surface area contributed by atoms with Gasteiger partial charge in [-0.05, 0) is 13.8 Å². The topological polar surface area (TPSA) is 81.2 Å². The second-order valence-corrected chi connectivity index (χ2v) is 6.96. The third-order valence-corrected chi connectivity index (χ3v) is 4.67. The van der Waals surface area contributed by atoms with Gasteiger partial charge >= 0.3 is 0 Å². The Morgan fingerprint density at radius 2 is 2.12 bits per heavy atom. The molecule has 0 saturated carbocycles. The van der Waals surface area contributed by atoms with Crippen molar-refractivity contribution < 1.29 is 13.2 Å². The first-order valence-electron chi connectivity index (χ1n) is 5.07. The summed E-state index contributed by atoms with van der Waals surface area (Å²) < 4.78 is 27.1. The molecule has 0 aliphatic rings. The Kier molecular flexibility index (Phi) is 3.92. The lowest BCUT2D eigenvalue weighted by Crippen LogP contribution is -2.38. The van der Waals surface area contributed by atoms with Crippen molar-refractivity contribution in [3.63, 3.8) is 0 Å². The van der Waals surface area contributed by atoms with Crippen LogP contribution in [0.3, 0.4) is 0 Å². The van der Waals surface area contributed by atoms with Crippen molar-refractivity contribution in [3.05, 3.63) is 12.3 Å². The number of sulfone groups is 1. The van der Waals surface area contributed by atoms with Crippen molar-refractivity contribution in [1.29, 1.82) is 0 Å². The molecule has 0 aromatic carbocycles. The maximum Gasteiger partial charge on any atom is 0.225 e. The summed E-state index contributed by atoms with van der Waals surface area (Å²) in [6.45, 7) is 3.53. The van der Waals surface area contributed by atoms with Crippen LogP contribution >= 0.6 is 0 Å². The summed E-state index contributed by atoms with van der Waals surface area (Å²) >= 11 is 0. The van der Waals surface area contributed by atoms with Crippen molar-refractivity contribution in [2.75, 3.05) is 25.2 Å². The number of aromatic nitrogens is 2. The minimum atomic E-state index is -3.14. The third kappa shape index (κ3) is 3.55. The summed E-state index contributed by atoms with van der Waals surface area (Å²) in [7, 11) is -1.63. The van der Waals surface area contributed by atoms with Crippen molar-refractivity contribution in [2.24, 2.45) is 0 Å². The van der Waals surface area contributed by atoms with Crippen LogP contribution in [0, 0.1) is 0 Å². The summed E-state index contributed by atoms with van der Waals surface area (Å²) in [5.41, 5.74) is 0. The monoisotopic (exact) mass is 259 g/mol. The van der Waals surface area contributed by atoms with Crippen molar-refractivity contribution in [2.45, 2.75) is 18.6 Å². The minimum Gasteiger partial charge on any atom is -0.481 e. The predicted octanol–water partition coefficient (Wildman–Crippen LogP) is 0.720. The average Bonchev–Trinajstić information content (AvgIpc) is 2.25. The van der Waals surface area contributed by atoms with E-state index in [-0.39, 0.29) is 6.54 Å². The van der Waals surface area contributed by atoms with Crippen LogP contribution in [0.1, 0.15) is 13.8 Å². The predicted molar refractivity (Wildman–Crippen MR) is 66.0 cm³/mol. The van der Waals surface area contributed by atoms with Gasteiger partial charge in [0.2, 0.25) is 11.8 Å². The normalized spacial score (nSPS) is 12.2. The fraction of sp³-hybridized carbons (Fsp3) is 0.600. The molecule has 1 N–H and O–H groups in total. The van der Waals surface area contributed by atoms with Crippen LogP contribution in [0.15, 0.2) is 12.3 Å². The lowest BCUT2D eigenvalue weighted by atomic mass is 10.2. The van der Waals surface area contributed by atoms with E-state index in [4.69, 9.17) is 4.74 Å². The van der Waals surface area contributed by atoms with Crippen LogP contribution in [0.4, 0.5) is 5.95 Å². The molecule has 0 aliphatic carbocycles. The molecule has 1 aromatic heterocycles. The molecule has 1 heterocycles. The van der Waals surface area contributed by atoms with E-state index in [1.807, 2.05) is 0 Å². The van der Waals surface area contributed by atoms with E-state index < -0.39 is 14.6 Å². The molecule has 96 valence electrons. The lowest BCUT2D eigenvalue weighted by molar-refractivity contribution is 0.397. The number of anilines is 1. The van der Waals surface area contributed by atoms with E-state index >= 15 is 0 Å². The van der Waals surface area contributed by atoms with Gasteiger partial charge < -0.3 is 10.1 Å². The highest BCUT2D eigenvalue weighted by Gasteiger charge is 2.30. The van der Waals surface area contributed by atoms with Crippen molar-refractivity contribution >= 4 is 15.8 Å². The van der Waals surface area contributed by atoms with E-state index in [2.05, 4.69) is 15.3 Å². The molecule has 0 unspecified atom stereocenters. The van der Waals surface area contributed by atoms with Gasteiger partial charge in [-0.2, -0.15) is 4.98 Å². The van der Waals surface area contributed by atoms with Crippen LogP contribution < -0.4 is 10.1 Å². The lowest BCUT2D eigenvalue weighted by Gasteiger charge is -2.22. The molecule has 17 heavy (non-hydrogen) atoms. The molecule has 1 rings (SSSR count). The van der Waals surface area contributed by atoms with Gasteiger partial charge in [0.05, 0.1) is 11.9 Å². The first-order valence-corrected chi connectivity index (χ1v) is 6.96. The Morgan fingerprint density at radius 3 is 2.65 bits per heavy atom. The Hall–Kier alpha value is -1.37. The minimum absolute atomic E-state index is 0.235. The molecule has 6 nitrogen and oxygen atoms in total. The highest BCUT2D eigenvalue weighted by atomic mass is 32.2. The van der Waals surface area contributed by atoms with E-state index in [0.717, 1.165) is 0 Å². The van der Waals surface area contributed by atoms with Crippen LogP contribution in [-0.2, 0) is 9.84 Å². The average molecular weight is 259 g/mol. The zero-order valence-corrected chi connectivity index (χ0v) is 11.2. The van der Waals surface area contributed by atoms with Crippen LogP contribution in [0.5, 0.6) is 5.88 Å². The number of ether oxygens (including phenoxy) is 1. The Bertz CT molecular complexity index is 485. The quantitative estimate of drug-likeness (QED) is 0.839. The van der Waals surface area contributed by atoms with Crippen LogP contribution in [0.2, 0.25) is 0 Å². The molecule has 0 bridgehead atoms.